The van der Waals surface area contributed by atoms with Gasteiger partial charge in [-0.15, -0.1) is 0 Å². The van der Waals surface area contributed by atoms with Crippen LogP contribution in [0.15, 0.2) is 47.4 Å². The van der Waals surface area contributed by atoms with Gasteiger partial charge in [-0.1, -0.05) is 35.9 Å². The molecule has 0 amide bonds. The summed E-state index contributed by atoms with van der Waals surface area (Å²) in [6, 6.07) is 10.6. The second-order valence-electron chi connectivity index (χ2n) is 4.62. The van der Waals surface area contributed by atoms with Gasteiger partial charge in [0.2, 0.25) is 10.0 Å². The van der Waals surface area contributed by atoms with Crippen LogP contribution in [0.4, 0.5) is 5.69 Å². The van der Waals surface area contributed by atoms with Crippen LogP contribution in [-0.2, 0) is 16.6 Å². The number of sulfonamides is 1. The molecular formula is C14H13ClN2O4S. The van der Waals surface area contributed by atoms with Crippen molar-refractivity contribution in [2.75, 3.05) is 0 Å². The zero-order chi connectivity index (χ0) is 16.3. The quantitative estimate of drug-likeness (QED) is 0.669. The number of nitro groups is 1. The second-order valence-corrected chi connectivity index (χ2v) is 6.80. The highest BCUT2D eigenvalue weighted by Crippen LogP contribution is 2.22. The molecule has 0 unspecified atom stereocenters. The van der Waals surface area contributed by atoms with Crippen LogP contribution in [0, 0.1) is 17.0 Å². The maximum atomic E-state index is 12.2. The van der Waals surface area contributed by atoms with Crippen LogP contribution >= 0.6 is 11.6 Å². The summed E-state index contributed by atoms with van der Waals surface area (Å²) in [5, 5.41) is 11.3. The molecule has 2 rings (SSSR count). The lowest BCUT2D eigenvalue weighted by Crippen LogP contribution is -2.23. The highest BCUT2D eigenvalue weighted by Gasteiger charge is 2.19. The van der Waals surface area contributed by atoms with Crippen molar-refractivity contribution in [3.05, 3.63) is 68.7 Å². The van der Waals surface area contributed by atoms with Gasteiger partial charge in [0.25, 0.3) is 5.69 Å². The summed E-state index contributed by atoms with van der Waals surface area (Å²) >= 11 is 5.96. The van der Waals surface area contributed by atoms with Crippen molar-refractivity contribution >= 4 is 27.3 Å². The summed E-state index contributed by atoms with van der Waals surface area (Å²) in [7, 11) is -3.86. The zero-order valence-corrected chi connectivity index (χ0v) is 13.2. The summed E-state index contributed by atoms with van der Waals surface area (Å²) in [6.45, 7) is 1.55. The number of rotatable bonds is 5. The average molecular weight is 341 g/mol. The van der Waals surface area contributed by atoms with Crippen LogP contribution in [0.25, 0.3) is 0 Å². The van der Waals surface area contributed by atoms with Gasteiger partial charge in [-0.3, -0.25) is 10.1 Å². The summed E-state index contributed by atoms with van der Waals surface area (Å²) in [6.07, 6.45) is 0. The Morgan fingerprint density at radius 3 is 2.55 bits per heavy atom. The maximum Gasteiger partial charge on any atom is 0.273 e. The highest BCUT2D eigenvalue weighted by molar-refractivity contribution is 7.89. The number of hydrogen-bond donors (Lipinski definition) is 1. The van der Waals surface area contributed by atoms with Crippen LogP contribution in [0.3, 0.4) is 0 Å². The third-order valence-corrected chi connectivity index (χ3v) is 4.87. The first-order valence-corrected chi connectivity index (χ1v) is 8.15. The third kappa shape index (κ3) is 3.62. The Bertz CT molecular complexity index is 821. The Hall–Kier alpha value is -1.96. The molecule has 0 aliphatic rings. The van der Waals surface area contributed by atoms with Crippen LogP contribution in [-0.4, -0.2) is 13.3 Å². The lowest BCUT2D eigenvalue weighted by Gasteiger charge is -2.08. The van der Waals surface area contributed by atoms with Crippen molar-refractivity contribution in [3.8, 4) is 0 Å². The normalized spacial score (nSPS) is 11.4. The fourth-order valence-electron chi connectivity index (χ4n) is 1.85. The van der Waals surface area contributed by atoms with Crippen molar-refractivity contribution in [2.45, 2.75) is 18.4 Å². The number of nitrogens with one attached hydrogen (secondary N) is 1. The van der Waals surface area contributed by atoms with Gasteiger partial charge in [0.05, 0.1) is 9.82 Å². The van der Waals surface area contributed by atoms with Crippen LogP contribution in [0.1, 0.15) is 11.1 Å². The first-order chi connectivity index (χ1) is 10.3. The average Bonchev–Trinajstić information content (AvgIpc) is 2.46. The van der Waals surface area contributed by atoms with E-state index in [1.165, 1.54) is 12.1 Å². The van der Waals surface area contributed by atoms with E-state index in [9.17, 15) is 18.5 Å². The fraction of sp³-hybridized carbons (Fsp3) is 0.143. The molecule has 8 heteroatoms. The van der Waals surface area contributed by atoms with Gasteiger partial charge < -0.3 is 0 Å². The van der Waals surface area contributed by atoms with E-state index in [0.717, 1.165) is 6.07 Å². The van der Waals surface area contributed by atoms with Crippen LogP contribution in [0.2, 0.25) is 5.02 Å². The SMILES string of the molecule is Cc1ccc(S(=O)(=O)NCc2ccccc2Cl)cc1[N+](=O)[O-]. The number of hydrogen-bond acceptors (Lipinski definition) is 4. The summed E-state index contributed by atoms with van der Waals surface area (Å²) in [5.74, 6) is 0. The van der Waals surface area contributed by atoms with Gasteiger partial charge in [-0.25, -0.2) is 13.1 Å². The first kappa shape index (κ1) is 16.4. The molecule has 0 atom stereocenters. The van der Waals surface area contributed by atoms with Gasteiger partial charge in [0, 0.05) is 23.2 Å². The number of halogens is 1. The zero-order valence-electron chi connectivity index (χ0n) is 11.6. The van der Waals surface area contributed by atoms with Crippen molar-refractivity contribution in [1.82, 2.24) is 4.72 Å². The molecule has 0 spiro atoms. The Kier molecular flexibility index (Phi) is 4.80. The highest BCUT2D eigenvalue weighted by atomic mass is 35.5. The molecule has 0 aliphatic heterocycles. The molecule has 22 heavy (non-hydrogen) atoms. The Morgan fingerprint density at radius 2 is 1.91 bits per heavy atom. The van der Waals surface area contributed by atoms with E-state index < -0.39 is 14.9 Å². The smallest absolute Gasteiger partial charge is 0.258 e. The van der Waals surface area contributed by atoms with Gasteiger partial charge in [-0.05, 0) is 24.6 Å². The van der Waals surface area contributed by atoms with Crippen LogP contribution < -0.4 is 4.72 Å². The van der Waals surface area contributed by atoms with Gasteiger partial charge in [-0.2, -0.15) is 0 Å². The van der Waals surface area contributed by atoms with E-state index in [0.29, 0.717) is 16.1 Å². The molecule has 0 aromatic heterocycles. The van der Waals surface area contributed by atoms with E-state index in [-0.39, 0.29) is 17.1 Å². The fourth-order valence-corrected chi connectivity index (χ4v) is 3.08. The molecule has 0 aliphatic carbocycles. The van der Waals surface area contributed by atoms with E-state index in [1.807, 2.05) is 0 Å². The summed E-state index contributed by atoms with van der Waals surface area (Å²) in [5.41, 5.74) is 0.782. The minimum Gasteiger partial charge on any atom is -0.258 e. The number of nitro benzene ring substituents is 1. The Balaban J connectivity index is 2.26. The molecule has 116 valence electrons. The van der Waals surface area contributed by atoms with Gasteiger partial charge in [0.15, 0.2) is 0 Å². The Morgan fingerprint density at radius 1 is 1.23 bits per heavy atom. The molecule has 2 aromatic rings. The number of nitrogens with zero attached hydrogens (tertiary/aromatic N) is 1. The Labute approximate surface area is 132 Å². The van der Waals surface area contributed by atoms with E-state index in [4.69, 9.17) is 11.6 Å². The topological polar surface area (TPSA) is 89.3 Å². The van der Waals surface area contributed by atoms with Crippen molar-refractivity contribution in [3.63, 3.8) is 0 Å². The molecule has 0 bridgehead atoms. The molecule has 1 N–H and O–H groups in total. The van der Waals surface area contributed by atoms with E-state index in [2.05, 4.69) is 4.72 Å². The minimum absolute atomic E-state index is 0.00365. The first-order valence-electron chi connectivity index (χ1n) is 6.29. The molecule has 0 fully saturated rings. The van der Waals surface area contributed by atoms with Crippen molar-refractivity contribution in [1.29, 1.82) is 0 Å². The monoisotopic (exact) mass is 340 g/mol. The van der Waals surface area contributed by atoms with E-state index >= 15 is 0 Å². The van der Waals surface area contributed by atoms with Gasteiger partial charge in [0.1, 0.15) is 0 Å². The number of benzene rings is 2. The largest absolute Gasteiger partial charge is 0.273 e. The maximum absolute atomic E-state index is 12.2. The van der Waals surface area contributed by atoms with Gasteiger partial charge >= 0.3 is 0 Å². The standard InChI is InChI=1S/C14H13ClN2O4S/c1-10-6-7-12(8-14(10)17(18)19)22(20,21)16-9-11-4-2-3-5-13(11)15/h2-8,16H,9H2,1H3. The molecule has 6 nitrogen and oxygen atoms in total. The molecule has 0 saturated carbocycles. The van der Waals surface area contributed by atoms with Crippen molar-refractivity contribution < 1.29 is 13.3 Å². The lowest BCUT2D eigenvalue weighted by atomic mass is 10.2. The predicted molar refractivity (Wildman–Crippen MR) is 83.3 cm³/mol. The molecule has 0 heterocycles. The van der Waals surface area contributed by atoms with Crippen molar-refractivity contribution in [2.24, 2.45) is 0 Å². The molecule has 0 saturated heterocycles. The van der Waals surface area contributed by atoms with E-state index in [1.54, 1.807) is 31.2 Å². The lowest BCUT2D eigenvalue weighted by molar-refractivity contribution is -0.385. The summed E-state index contributed by atoms with van der Waals surface area (Å²) in [4.78, 5) is 10.1. The molecule has 2 aromatic carbocycles. The second kappa shape index (κ2) is 6.43. The van der Waals surface area contributed by atoms with Crippen LogP contribution in [0.5, 0.6) is 0 Å². The predicted octanol–water partition coefficient (Wildman–Crippen LogP) is 3.04. The number of aryl methyl sites for hydroxylation is 1. The summed E-state index contributed by atoms with van der Waals surface area (Å²) < 4.78 is 26.8. The third-order valence-electron chi connectivity index (χ3n) is 3.10. The molecule has 0 radical (unpaired) electrons. The minimum atomic E-state index is -3.86. The molecular weight excluding hydrogens is 328 g/mol.